The van der Waals surface area contributed by atoms with Gasteiger partial charge >= 0.3 is 0 Å². The van der Waals surface area contributed by atoms with Crippen molar-refractivity contribution in [1.82, 2.24) is 5.32 Å². The first kappa shape index (κ1) is 12.2. The number of rotatable bonds is 7. The summed E-state index contributed by atoms with van der Waals surface area (Å²) >= 11 is 1.68. The minimum absolute atomic E-state index is 0.642. The van der Waals surface area contributed by atoms with E-state index in [9.17, 15) is 0 Å². The number of hydrogen-bond donors (Lipinski definition) is 2. The highest BCUT2D eigenvalue weighted by molar-refractivity contribution is 7.10. The van der Waals surface area contributed by atoms with Crippen molar-refractivity contribution in [2.75, 3.05) is 25.5 Å². The van der Waals surface area contributed by atoms with E-state index in [0.29, 0.717) is 13.2 Å². The average Bonchev–Trinajstić information content (AvgIpc) is 2.57. The molecule has 4 heteroatoms. The summed E-state index contributed by atoms with van der Waals surface area (Å²) in [6.07, 6.45) is 0. The van der Waals surface area contributed by atoms with Crippen LogP contribution in [0.1, 0.15) is 11.8 Å². The summed E-state index contributed by atoms with van der Waals surface area (Å²) in [6.45, 7) is 8.73. The molecule has 0 unspecified atom stereocenters. The predicted molar refractivity (Wildman–Crippen MR) is 66.1 cm³/mol. The molecule has 0 aliphatic carbocycles. The fourth-order valence-corrected chi connectivity index (χ4v) is 1.86. The molecule has 3 nitrogen and oxygen atoms in total. The molecular formula is C11H18N2OS. The third-order valence-electron chi connectivity index (χ3n) is 1.84. The summed E-state index contributed by atoms with van der Waals surface area (Å²) in [5.74, 6) is 0. The highest BCUT2D eigenvalue weighted by Crippen LogP contribution is 2.17. The van der Waals surface area contributed by atoms with E-state index in [2.05, 4.69) is 11.9 Å². The van der Waals surface area contributed by atoms with Crippen LogP contribution in [0.15, 0.2) is 23.6 Å². The third-order valence-corrected chi connectivity index (χ3v) is 2.77. The van der Waals surface area contributed by atoms with Gasteiger partial charge < -0.3 is 15.8 Å². The largest absolute Gasteiger partial charge is 0.398 e. The van der Waals surface area contributed by atoms with Crippen LogP contribution in [0.3, 0.4) is 0 Å². The van der Waals surface area contributed by atoms with Crippen molar-refractivity contribution >= 4 is 17.0 Å². The quantitative estimate of drug-likeness (QED) is 0.552. The number of thiophene rings is 1. The van der Waals surface area contributed by atoms with Gasteiger partial charge in [0.05, 0.1) is 13.2 Å². The first-order chi connectivity index (χ1) is 7.20. The van der Waals surface area contributed by atoms with Gasteiger partial charge in [0, 0.05) is 23.7 Å². The van der Waals surface area contributed by atoms with E-state index in [1.807, 2.05) is 18.4 Å². The monoisotopic (exact) mass is 226 g/mol. The van der Waals surface area contributed by atoms with Crippen LogP contribution in [-0.4, -0.2) is 19.8 Å². The number of nitrogen functional groups attached to an aromatic ring is 1. The molecule has 0 aliphatic heterocycles. The van der Waals surface area contributed by atoms with Gasteiger partial charge in [-0.3, -0.25) is 0 Å². The van der Waals surface area contributed by atoms with Crippen molar-refractivity contribution in [3.05, 3.63) is 28.5 Å². The van der Waals surface area contributed by atoms with Crippen LogP contribution in [0.25, 0.3) is 0 Å². The summed E-state index contributed by atoms with van der Waals surface area (Å²) in [5.41, 5.74) is 7.67. The van der Waals surface area contributed by atoms with E-state index in [4.69, 9.17) is 10.5 Å². The Hall–Kier alpha value is -0.840. The Morgan fingerprint density at radius 1 is 1.67 bits per heavy atom. The van der Waals surface area contributed by atoms with Gasteiger partial charge in [0.1, 0.15) is 0 Å². The first-order valence-corrected chi connectivity index (χ1v) is 5.83. The maximum Gasteiger partial charge on any atom is 0.0672 e. The molecular weight excluding hydrogens is 208 g/mol. The van der Waals surface area contributed by atoms with Gasteiger partial charge in [0.2, 0.25) is 0 Å². The fraction of sp³-hybridized carbons (Fsp3) is 0.455. The Labute approximate surface area is 94.9 Å². The lowest BCUT2D eigenvalue weighted by Crippen LogP contribution is -2.19. The minimum Gasteiger partial charge on any atom is -0.398 e. The molecule has 0 radical (unpaired) electrons. The van der Waals surface area contributed by atoms with Crippen LogP contribution in [0.4, 0.5) is 5.69 Å². The second-order valence-corrected chi connectivity index (χ2v) is 4.49. The van der Waals surface area contributed by atoms with E-state index in [-0.39, 0.29) is 0 Å². The number of nitrogens with one attached hydrogen (secondary N) is 1. The third kappa shape index (κ3) is 4.97. The van der Waals surface area contributed by atoms with Gasteiger partial charge in [-0.15, -0.1) is 11.3 Å². The van der Waals surface area contributed by atoms with Crippen LogP contribution in [-0.2, 0) is 11.3 Å². The number of hydrogen-bond acceptors (Lipinski definition) is 4. The summed E-state index contributed by atoms with van der Waals surface area (Å²) in [5, 5.41) is 5.28. The lowest BCUT2D eigenvalue weighted by atomic mass is 10.4. The molecule has 0 bridgehead atoms. The second-order valence-electron chi connectivity index (χ2n) is 3.49. The lowest BCUT2D eigenvalue weighted by molar-refractivity contribution is 0.158. The summed E-state index contributed by atoms with van der Waals surface area (Å²) < 4.78 is 5.35. The van der Waals surface area contributed by atoms with Crippen LogP contribution in [0, 0.1) is 0 Å². The number of anilines is 1. The molecule has 0 amide bonds. The van der Waals surface area contributed by atoms with Crippen LogP contribution in [0.5, 0.6) is 0 Å². The van der Waals surface area contributed by atoms with Crippen LogP contribution in [0.2, 0.25) is 0 Å². The van der Waals surface area contributed by atoms with E-state index < -0.39 is 0 Å². The zero-order chi connectivity index (χ0) is 11.1. The van der Waals surface area contributed by atoms with Crippen molar-refractivity contribution in [2.45, 2.75) is 13.5 Å². The van der Waals surface area contributed by atoms with Gasteiger partial charge in [0.25, 0.3) is 0 Å². The van der Waals surface area contributed by atoms with Gasteiger partial charge in [0.15, 0.2) is 0 Å². The predicted octanol–water partition coefficient (Wildman–Crippen LogP) is 2.01. The molecule has 1 rings (SSSR count). The Balaban J connectivity index is 2.03. The molecule has 1 aromatic heterocycles. The van der Waals surface area contributed by atoms with Crippen LogP contribution >= 0.6 is 11.3 Å². The molecule has 3 N–H and O–H groups in total. The number of ether oxygens (including phenoxy) is 1. The Kier molecular flexibility index (Phi) is 5.39. The first-order valence-electron chi connectivity index (χ1n) is 4.95. The molecule has 1 aromatic rings. The van der Waals surface area contributed by atoms with Gasteiger partial charge in [-0.25, -0.2) is 0 Å². The molecule has 0 aromatic carbocycles. The summed E-state index contributed by atoms with van der Waals surface area (Å²) in [4.78, 5) is 1.19. The minimum atomic E-state index is 0.642. The van der Waals surface area contributed by atoms with Crippen molar-refractivity contribution in [3.8, 4) is 0 Å². The Morgan fingerprint density at radius 2 is 2.47 bits per heavy atom. The maximum absolute atomic E-state index is 5.75. The van der Waals surface area contributed by atoms with Crippen molar-refractivity contribution in [1.29, 1.82) is 0 Å². The Morgan fingerprint density at radius 3 is 3.07 bits per heavy atom. The van der Waals surface area contributed by atoms with E-state index in [0.717, 1.165) is 24.4 Å². The molecule has 0 fully saturated rings. The highest BCUT2D eigenvalue weighted by Gasteiger charge is 1.98. The topological polar surface area (TPSA) is 47.3 Å². The molecule has 15 heavy (non-hydrogen) atoms. The van der Waals surface area contributed by atoms with Crippen molar-refractivity contribution in [2.24, 2.45) is 0 Å². The standard InChI is InChI=1S/C11H18N2OS/c1-9(2)8-14-5-4-13-7-11-10(12)3-6-15-11/h3,6,13H,1,4-5,7-8,12H2,2H3. The zero-order valence-electron chi connectivity index (χ0n) is 9.08. The average molecular weight is 226 g/mol. The molecule has 0 spiro atoms. The fourth-order valence-electron chi connectivity index (χ4n) is 1.09. The molecule has 0 aliphatic rings. The highest BCUT2D eigenvalue weighted by atomic mass is 32.1. The normalized spacial score (nSPS) is 10.5. The Bertz CT molecular complexity index is 309. The maximum atomic E-state index is 5.75. The van der Waals surface area contributed by atoms with Crippen molar-refractivity contribution in [3.63, 3.8) is 0 Å². The van der Waals surface area contributed by atoms with E-state index >= 15 is 0 Å². The van der Waals surface area contributed by atoms with Gasteiger partial charge in [-0.2, -0.15) is 0 Å². The SMILES string of the molecule is C=C(C)COCCNCc1sccc1N. The van der Waals surface area contributed by atoms with E-state index in [1.54, 1.807) is 11.3 Å². The molecule has 0 saturated heterocycles. The molecule has 0 saturated carbocycles. The summed E-state index contributed by atoms with van der Waals surface area (Å²) in [7, 11) is 0. The lowest BCUT2D eigenvalue weighted by Gasteiger charge is -2.05. The summed E-state index contributed by atoms with van der Waals surface area (Å²) in [6, 6.07) is 1.93. The van der Waals surface area contributed by atoms with Gasteiger partial charge in [-0.1, -0.05) is 12.2 Å². The van der Waals surface area contributed by atoms with E-state index in [1.165, 1.54) is 4.88 Å². The smallest absolute Gasteiger partial charge is 0.0672 e. The van der Waals surface area contributed by atoms with Gasteiger partial charge in [-0.05, 0) is 18.4 Å². The zero-order valence-corrected chi connectivity index (χ0v) is 9.90. The molecule has 0 atom stereocenters. The van der Waals surface area contributed by atoms with Crippen molar-refractivity contribution < 1.29 is 4.74 Å². The van der Waals surface area contributed by atoms with Crippen LogP contribution < -0.4 is 11.1 Å². The molecule has 1 heterocycles. The molecule has 84 valence electrons. The second kappa shape index (κ2) is 6.61. The number of nitrogens with two attached hydrogens (primary N) is 1.